The van der Waals surface area contributed by atoms with Crippen LogP contribution in [0.15, 0.2) is 53.9 Å². The van der Waals surface area contributed by atoms with E-state index in [-0.39, 0.29) is 0 Å². The lowest BCUT2D eigenvalue weighted by Gasteiger charge is -2.05. The van der Waals surface area contributed by atoms with E-state index in [1.807, 2.05) is 30.3 Å². The fraction of sp³-hybridized carbons (Fsp3) is 0. The van der Waals surface area contributed by atoms with E-state index < -0.39 is 5.91 Å². The summed E-state index contributed by atoms with van der Waals surface area (Å²) in [6.45, 7) is 0. The van der Waals surface area contributed by atoms with Gasteiger partial charge in [-0.05, 0) is 35.4 Å². The van der Waals surface area contributed by atoms with E-state index in [1.54, 1.807) is 18.5 Å². The predicted octanol–water partition coefficient (Wildman–Crippen LogP) is 2.15. The van der Waals surface area contributed by atoms with Gasteiger partial charge in [0.05, 0.1) is 0 Å². The summed E-state index contributed by atoms with van der Waals surface area (Å²) >= 11 is 0. The van der Waals surface area contributed by atoms with E-state index in [2.05, 4.69) is 15.5 Å². The Hall–Kier alpha value is -2.69. The van der Waals surface area contributed by atoms with Crippen LogP contribution in [-0.4, -0.2) is 22.3 Å². The quantitative estimate of drug-likeness (QED) is 0.491. The van der Waals surface area contributed by atoms with Crippen LogP contribution < -0.4 is 5.32 Å². The van der Waals surface area contributed by atoms with E-state index in [4.69, 9.17) is 5.21 Å². The lowest BCUT2D eigenvalue weighted by molar-refractivity contribution is -0.110. The van der Waals surface area contributed by atoms with Gasteiger partial charge in [0.2, 0.25) is 0 Å². The molecule has 5 nitrogen and oxygen atoms in total. The molecule has 0 radical (unpaired) electrons. The molecule has 0 bridgehead atoms. The van der Waals surface area contributed by atoms with Crippen molar-refractivity contribution in [3.05, 3.63) is 48.8 Å². The molecule has 0 atom stereocenters. The Balaban J connectivity index is 2.23. The van der Waals surface area contributed by atoms with E-state index in [1.165, 1.54) is 0 Å². The topological polar surface area (TPSA) is 74.6 Å². The molecule has 0 aliphatic carbocycles. The highest BCUT2D eigenvalue weighted by Crippen LogP contribution is 2.21. The number of carbonyl (C=O) groups excluding carboxylic acids is 1. The van der Waals surface area contributed by atoms with Gasteiger partial charge in [0.1, 0.15) is 6.21 Å². The van der Waals surface area contributed by atoms with Crippen molar-refractivity contribution in [2.75, 3.05) is 5.32 Å². The number of nitrogens with one attached hydrogen (secondary N) is 1. The number of carbonyl (C=O) groups is 1. The number of pyridine rings is 1. The van der Waals surface area contributed by atoms with Gasteiger partial charge in [-0.25, -0.2) is 0 Å². The Labute approximate surface area is 104 Å². The lowest BCUT2D eigenvalue weighted by Crippen LogP contribution is -2.12. The van der Waals surface area contributed by atoms with Crippen molar-refractivity contribution in [3.8, 4) is 11.1 Å². The smallest absolute Gasteiger partial charge is 0.270 e. The van der Waals surface area contributed by atoms with Gasteiger partial charge in [0, 0.05) is 18.1 Å². The van der Waals surface area contributed by atoms with Crippen molar-refractivity contribution in [1.82, 2.24) is 4.98 Å². The van der Waals surface area contributed by atoms with Crippen LogP contribution in [0.25, 0.3) is 11.1 Å². The van der Waals surface area contributed by atoms with Gasteiger partial charge in [0.25, 0.3) is 5.91 Å². The maximum absolute atomic E-state index is 11.2. The number of rotatable bonds is 3. The van der Waals surface area contributed by atoms with E-state index >= 15 is 0 Å². The first-order valence-corrected chi connectivity index (χ1v) is 5.28. The zero-order valence-electron chi connectivity index (χ0n) is 9.45. The van der Waals surface area contributed by atoms with Crippen molar-refractivity contribution < 1.29 is 10.0 Å². The monoisotopic (exact) mass is 241 g/mol. The van der Waals surface area contributed by atoms with Crippen molar-refractivity contribution in [3.63, 3.8) is 0 Å². The zero-order valence-corrected chi connectivity index (χ0v) is 9.45. The summed E-state index contributed by atoms with van der Waals surface area (Å²) < 4.78 is 0. The van der Waals surface area contributed by atoms with Gasteiger partial charge < -0.3 is 10.5 Å². The van der Waals surface area contributed by atoms with Crippen molar-refractivity contribution >= 4 is 17.8 Å². The van der Waals surface area contributed by atoms with Crippen molar-refractivity contribution in [2.45, 2.75) is 0 Å². The fourth-order valence-corrected chi connectivity index (χ4v) is 1.55. The summed E-state index contributed by atoms with van der Waals surface area (Å²) in [6, 6.07) is 11.1. The molecule has 2 rings (SSSR count). The van der Waals surface area contributed by atoms with Crippen LogP contribution >= 0.6 is 0 Å². The van der Waals surface area contributed by atoms with E-state index in [0.29, 0.717) is 5.69 Å². The third-order valence-electron chi connectivity index (χ3n) is 2.32. The van der Waals surface area contributed by atoms with Gasteiger partial charge >= 0.3 is 0 Å². The van der Waals surface area contributed by atoms with Gasteiger partial charge in [-0.3, -0.25) is 9.78 Å². The molecule has 0 saturated carbocycles. The molecule has 0 fully saturated rings. The lowest BCUT2D eigenvalue weighted by atomic mass is 10.1. The highest BCUT2D eigenvalue weighted by Gasteiger charge is 2.01. The molecule has 0 spiro atoms. The summed E-state index contributed by atoms with van der Waals surface area (Å²) in [6.07, 6.45) is 4.22. The van der Waals surface area contributed by atoms with Crippen molar-refractivity contribution in [2.24, 2.45) is 5.16 Å². The maximum atomic E-state index is 11.2. The minimum Gasteiger partial charge on any atom is -0.411 e. The second-order valence-electron chi connectivity index (χ2n) is 3.55. The number of hydrogen-bond acceptors (Lipinski definition) is 4. The van der Waals surface area contributed by atoms with Crippen LogP contribution in [0.4, 0.5) is 5.69 Å². The molecular formula is C13H11N3O2. The number of anilines is 1. The number of oxime groups is 1. The first-order valence-electron chi connectivity index (χ1n) is 5.28. The second kappa shape index (κ2) is 5.58. The molecule has 90 valence electrons. The molecule has 1 heterocycles. The largest absolute Gasteiger partial charge is 0.411 e. The summed E-state index contributed by atoms with van der Waals surface area (Å²) in [5.74, 6) is -0.482. The molecule has 5 heteroatoms. The number of nitrogens with zero attached hydrogens (tertiary/aromatic N) is 2. The molecule has 18 heavy (non-hydrogen) atoms. The number of aromatic nitrogens is 1. The van der Waals surface area contributed by atoms with Crippen LogP contribution in [0.3, 0.4) is 0 Å². The van der Waals surface area contributed by atoms with Crippen LogP contribution in [-0.2, 0) is 4.79 Å². The van der Waals surface area contributed by atoms with Gasteiger partial charge in [-0.15, -0.1) is 0 Å². The van der Waals surface area contributed by atoms with E-state index in [9.17, 15) is 4.79 Å². The highest BCUT2D eigenvalue weighted by molar-refractivity contribution is 6.31. The first kappa shape index (κ1) is 11.8. The first-order chi connectivity index (χ1) is 8.79. The van der Waals surface area contributed by atoms with Crippen LogP contribution in [0.1, 0.15) is 0 Å². The molecule has 1 aromatic carbocycles. The third-order valence-corrected chi connectivity index (χ3v) is 2.32. The normalized spacial score (nSPS) is 10.4. The molecule has 0 saturated heterocycles. The van der Waals surface area contributed by atoms with Gasteiger partial charge in [0.15, 0.2) is 0 Å². The predicted molar refractivity (Wildman–Crippen MR) is 68.6 cm³/mol. The Kier molecular flexibility index (Phi) is 3.66. The summed E-state index contributed by atoms with van der Waals surface area (Å²) in [5, 5.41) is 13.5. The molecular weight excluding hydrogens is 230 g/mol. The number of benzene rings is 1. The Bertz CT molecular complexity index is 567. The third kappa shape index (κ3) is 2.91. The molecule has 0 unspecified atom stereocenters. The second-order valence-corrected chi connectivity index (χ2v) is 3.55. The molecule has 1 amide bonds. The SMILES string of the molecule is O=C(C=NO)Nc1cccc(-c2ccncc2)c1. The fourth-order valence-electron chi connectivity index (χ4n) is 1.55. The number of hydrogen-bond donors (Lipinski definition) is 2. The molecule has 0 aliphatic rings. The minimum absolute atomic E-state index is 0.482. The zero-order chi connectivity index (χ0) is 12.8. The van der Waals surface area contributed by atoms with E-state index in [0.717, 1.165) is 17.3 Å². The number of amides is 1. The molecule has 0 aliphatic heterocycles. The average molecular weight is 241 g/mol. The van der Waals surface area contributed by atoms with Crippen molar-refractivity contribution in [1.29, 1.82) is 0 Å². The Morgan fingerprint density at radius 2 is 2.00 bits per heavy atom. The minimum atomic E-state index is -0.482. The summed E-state index contributed by atoms with van der Waals surface area (Å²) in [4.78, 5) is 15.2. The Morgan fingerprint density at radius 1 is 1.22 bits per heavy atom. The maximum Gasteiger partial charge on any atom is 0.270 e. The van der Waals surface area contributed by atoms with Crippen LogP contribution in [0, 0.1) is 0 Å². The average Bonchev–Trinajstić information content (AvgIpc) is 2.40. The summed E-state index contributed by atoms with van der Waals surface area (Å²) in [7, 11) is 0. The standard InChI is InChI=1S/C13H11N3O2/c17-13(9-15-18)16-12-3-1-2-11(8-12)10-4-6-14-7-5-10/h1-9,18H,(H,16,17). The molecule has 2 aromatic rings. The van der Waals surface area contributed by atoms with Gasteiger partial charge in [-0.1, -0.05) is 17.3 Å². The molecule has 2 N–H and O–H groups in total. The summed E-state index contributed by atoms with van der Waals surface area (Å²) in [5.41, 5.74) is 2.61. The van der Waals surface area contributed by atoms with Crippen LogP contribution in [0.2, 0.25) is 0 Å². The Morgan fingerprint density at radius 3 is 2.72 bits per heavy atom. The highest BCUT2D eigenvalue weighted by atomic mass is 16.4. The van der Waals surface area contributed by atoms with Gasteiger partial charge in [-0.2, -0.15) is 0 Å². The molecule has 1 aromatic heterocycles. The van der Waals surface area contributed by atoms with Crippen LogP contribution in [0.5, 0.6) is 0 Å².